The van der Waals surface area contributed by atoms with Crippen LogP contribution in [0.4, 0.5) is 4.39 Å². The summed E-state index contributed by atoms with van der Waals surface area (Å²) < 4.78 is 13.0. The van der Waals surface area contributed by atoms with Gasteiger partial charge in [-0.1, -0.05) is 12.1 Å². The van der Waals surface area contributed by atoms with Gasteiger partial charge in [-0.2, -0.15) is 0 Å². The predicted octanol–water partition coefficient (Wildman–Crippen LogP) is 1.32. The molecule has 1 aromatic carbocycles. The second-order valence-corrected chi connectivity index (χ2v) is 4.41. The topological polar surface area (TPSA) is 46.3 Å². The smallest absolute Gasteiger partial charge is 0.227 e. The van der Waals surface area contributed by atoms with Gasteiger partial charge in [0.2, 0.25) is 5.91 Å². The van der Waals surface area contributed by atoms with Crippen molar-refractivity contribution in [3.63, 3.8) is 0 Å². The third kappa shape index (κ3) is 3.27. The number of nitrogens with two attached hydrogens (primary N) is 1. The first-order chi connectivity index (χ1) is 8.20. The van der Waals surface area contributed by atoms with Crippen molar-refractivity contribution < 1.29 is 9.18 Å². The minimum absolute atomic E-state index is 0.0450. The molecule has 0 radical (unpaired) electrons. The van der Waals surface area contributed by atoms with Crippen LogP contribution in [0.1, 0.15) is 18.4 Å². The van der Waals surface area contributed by atoms with Crippen LogP contribution < -0.4 is 5.73 Å². The molecule has 0 saturated heterocycles. The first-order valence-electron chi connectivity index (χ1n) is 5.94. The Morgan fingerprint density at radius 2 is 2.24 bits per heavy atom. The summed E-state index contributed by atoms with van der Waals surface area (Å²) in [5.41, 5.74) is 6.22. The molecule has 3 nitrogen and oxygen atoms in total. The molecule has 1 aliphatic rings. The molecule has 0 bridgehead atoms. The van der Waals surface area contributed by atoms with E-state index < -0.39 is 0 Å². The van der Waals surface area contributed by atoms with Gasteiger partial charge in [-0.25, -0.2) is 4.39 Å². The van der Waals surface area contributed by atoms with Gasteiger partial charge in [-0.3, -0.25) is 4.79 Å². The van der Waals surface area contributed by atoms with Gasteiger partial charge in [0.15, 0.2) is 0 Å². The van der Waals surface area contributed by atoms with Crippen LogP contribution in [-0.2, 0) is 11.2 Å². The largest absolute Gasteiger partial charge is 0.338 e. The van der Waals surface area contributed by atoms with Crippen molar-refractivity contribution in [2.75, 3.05) is 13.1 Å². The fraction of sp³-hybridized carbons (Fsp3) is 0.462. The molecule has 17 heavy (non-hydrogen) atoms. The lowest BCUT2D eigenvalue weighted by atomic mass is 10.1. The molecule has 0 atom stereocenters. The van der Waals surface area contributed by atoms with E-state index >= 15 is 0 Å². The van der Waals surface area contributed by atoms with Crippen molar-refractivity contribution in [3.8, 4) is 0 Å². The lowest BCUT2D eigenvalue weighted by Crippen LogP contribution is -2.38. The van der Waals surface area contributed by atoms with E-state index in [1.54, 1.807) is 12.1 Å². The predicted molar refractivity (Wildman–Crippen MR) is 63.9 cm³/mol. The number of amides is 1. The van der Waals surface area contributed by atoms with E-state index in [0.717, 1.165) is 18.4 Å². The van der Waals surface area contributed by atoms with Crippen molar-refractivity contribution in [1.82, 2.24) is 4.90 Å². The minimum atomic E-state index is -0.299. The van der Waals surface area contributed by atoms with E-state index in [2.05, 4.69) is 0 Å². The van der Waals surface area contributed by atoms with Gasteiger partial charge < -0.3 is 10.6 Å². The van der Waals surface area contributed by atoms with Crippen molar-refractivity contribution in [2.45, 2.75) is 25.3 Å². The number of hydrogen-bond acceptors (Lipinski definition) is 2. The van der Waals surface area contributed by atoms with E-state index in [1.807, 2.05) is 4.90 Å². The van der Waals surface area contributed by atoms with Crippen molar-refractivity contribution >= 4 is 5.91 Å². The van der Waals surface area contributed by atoms with Crippen molar-refractivity contribution in [1.29, 1.82) is 0 Å². The zero-order chi connectivity index (χ0) is 12.3. The summed E-state index contributed by atoms with van der Waals surface area (Å²) in [4.78, 5) is 13.9. The highest BCUT2D eigenvalue weighted by molar-refractivity contribution is 5.79. The Kier molecular flexibility index (Phi) is 3.74. The van der Waals surface area contributed by atoms with E-state index in [9.17, 15) is 9.18 Å². The highest BCUT2D eigenvalue weighted by Gasteiger charge is 2.31. The molecule has 1 aromatic rings. The summed E-state index contributed by atoms with van der Waals surface area (Å²) in [5.74, 6) is -0.254. The van der Waals surface area contributed by atoms with Gasteiger partial charge in [0, 0.05) is 19.1 Å². The van der Waals surface area contributed by atoms with Crippen LogP contribution in [0.2, 0.25) is 0 Å². The van der Waals surface area contributed by atoms with Crippen LogP contribution in [0.15, 0.2) is 24.3 Å². The molecular formula is C13H17FN2O. The lowest BCUT2D eigenvalue weighted by Gasteiger charge is -2.21. The maximum Gasteiger partial charge on any atom is 0.227 e. The second-order valence-electron chi connectivity index (χ2n) is 4.41. The summed E-state index contributed by atoms with van der Waals surface area (Å²) in [6.07, 6.45) is 2.39. The Bertz CT molecular complexity index is 404. The Balaban J connectivity index is 1.99. The van der Waals surface area contributed by atoms with Gasteiger partial charge in [0.05, 0.1) is 6.42 Å². The fourth-order valence-corrected chi connectivity index (χ4v) is 1.96. The van der Waals surface area contributed by atoms with Crippen LogP contribution >= 0.6 is 0 Å². The Labute approximate surface area is 100 Å². The van der Waals surface area contributed by atoms with Gasteiger partial charge in [0.25, 0.3) is 0 Å². The Morgan fingerprint density at radius 3 is 2.82 bits per heavy atom. The molecule has 1 saturated carbocycles. The number of halogens is 1. The summed E-state index contributed by atoms with van der Waals surface area (Å²) in [7, 11) is 0. The number of hydrogen-bond donors (Lipinski definition) is 1. The average Bonchev–Trinajstić information content (AvgIpc) is 3.09. The molecule has 1 amide bonds. The molecule has 2 N–H and O–H groups in total. The standard InChI is InChI=1S/C13H17FN2O/c14-11-3-1-2-10(8-11)9-13(17)16(7-6-15)12-4-5-12/h1-3,8,12H,4-7,9,15H2. The molecule has 0 heterocycles. The third-order valence-electron chi connectivity index (χ3n) is 2.92. The maximum atomic E-state index is 13.0. The molecule has 92 valence electrons. The van der Waals surface area contributed by atoms with Gasteiger partial charge in [-0.05, 0) is 30.5 Å². The van der Waals surface area contributed by atoms with Crippen molar-refractivity contribution in [2.24, 2.45) is 5.73 Å². The fourth-order valence-electron chi connectivity index (χ4n) is 1.96. The zero-order valence-electron chi connectivity index (χ0n) is 9.73. The molecule has 0 spiro atoms. The molecule has 0 aromatic heterocycles. The highest BCUT2D eigenvalue weighted by Crippen LogP contribution is 2.27. The second kappa shape index (κ2) is 5.27. The molecule has 0 unspecified atom stereocenters. The van der Waals surface area contributed by atoms with Gasteiger partial charge in [-0.15, -0.1) is 0 Å². The van der Waals surface area contributed by atoms with Crippen LogP contribution in [0.5, 0.6) is 0 Å². The normalized spacial score (nSPS) is 14.7. The van der Waals surface area contributed by atoms with E-state index in [4.69, 9.17) is 5.73 Å². The summed E-state index contributed by atoms with van der Waals surface area (Å²) in [6.45, 7) is 1.07. The number of carbonyl (C=O) groups excluding carboxylic acids is 1. The summed E-state index contributed by atoms with van der Waals surface area (Å²) in [5, 5.41) is 0. The zero-order valence-corrected chi connectivity index (χ0v) is 9.73. The molecular weight excluding hydrogens is 219 g/mol. The lowest BCUT2D eigenvalue weighted by molar-refractivity contribution is -0.130. The summed E-state index contributed by atoms with van der Waals surface area (Å²) >= 11 is 0. The molecule has 0 aliphatic heterocycles. The number of rotatable bonds is 5. The Morgan fingerprint density at radius 1 is 1.47 bits per heavy atom. The van der Waals surface area contributed by atoms with Gasteiger partial charge >= 0.3 is 0 Å². The van der Waals surface area contributed by atoms with Crippen LogP contribution in [0.25, 0.3) is 0 Å². The SMILES string of the molecule is NCCN(C(=O)Cc1cccc(F)c1)C1CC1. The van der Waals surface area contributed by atoms with E-state index in [0.29, 0.717) is 19.1 Å². The first-order valence-corrected chi connectivity index (χ1v) is 5.94. The molecule has 1 aliphatic carbocycles. The minimum Gasteiger partial charge on any atom is -0.338 e. The van der Waals surface area contributed by atoms with Crippen LogP contribution in [0, 0.1) is 5.82 Å². The number of benzene rings is 1. The third-order valence-corrected chi connectivity index (χ3v) is 2.92. The van der Waals surface area contributed by atoms with E-state index in [-0.39, 0.29) is 18.1 Å². The maximum absolute atomic E-state index is 13.0. The first kappa shape index (κ1) is 12.0. The molecule has 4 heteroatoms. The summed E-state index contributed by atoms with van der Waals surface area (Å²) in [6, 6.07) is 6.55. The van der Waals surface area contributed by atoms with Gasteiger partial charge in [0.1, 0.15) is 5.82 Å². The van der Waals surface area contributed by atoms with E-state index in [1.165, 1.54) is 12.1 Å². The Hall–Kier alpha value is -1.42. The van der Waals surface area contributed by atoms with Crippen LogP contribution in [-0.4, -0.2) is 29.9 Å². The average molecular weight is 236 g/mol. The van der Waals surface area contributed by atoms with Crippen LogP contribution in [0.3, 0.4) is 0 Å². The number of nitrogens with zero attached hydrogens (tertiary/aromatic N) is 1. The quantitative estimate of drug-likeness (QED) is 0.838. The number of carbonyl (C=O) groups is 1. The van der Waals surface area contributed by atoms with Crippen molar-refractivity contribution in [3.05, 3.63) is 35.6 Å². The highest BCUT2D eigenvalue weighted by atomic mass is 19.1. The molecule has 2 rings (SSSR count). The molecule has 1 fully saturated rings. The monoisotopic (exact) mass is 236 g/mol.